The van der Waals surface area contributed by atoms with E-state index in [1.54, 1.807) is 4.90 Å². The summed E-state index contributed by atoms with van der Waals surface area (Å²) in [6, 6.07) is 15.4. The summed E-state index contributed by atoms with van der Waals surface area (Å²) in [6.45, 7) is 4.06. The summed E-state index contributed by atoms with van der Waals surface area (Å²) in [5.41, 5.74) is 4.54. The Bertz CT molecular complexity index is 1010. The summed E-state index contributed by atoms with van der Waals surface area (Å²) in [4.78, 5) is 38.7. The van der Waals surface area contributed by atoms with Crippen LogP contribution in [0.4, 0.5) is 4.79 Å². The van der Waals surface area contributed by atoms with Crippen molar-refractivity contribution < 1.29 is 24.2 Å². The summed E-state index contributed by atoms with van der Waals surface area (Å²) in [5.74, 6) is -1.78. The van der Waals surface area contributed by atoms with Gasteiger partial charge in [-0.1, -0.05) is 55.5 Å². The molecule has 3 atom stereocenters. The van der Waals surface area contributed by atoms with Crippen molar-refractivity contribution in [2.45, 2.75) is 51.1 Å². The van der Waals surface area contributed by atoms with Crippen LogP contribution in [0.5, 0.6) is 0 Å². The number of rotatable bonds is 6. The first-order chi connectivity index (χ1) is 15.9. The van der Waals surface area contributed by atoms with E-state index in [0.29, 0.717) is 19.3 Å². The molecule has 0 bridgehead atoms. The molecule has 1 saturated heterocycles. The zero-order chi connectivity index (χ0) is 23.5. The van der Waals surface area contributed by atoms with Gasteiger partial charge in [0.2, 0.25) is 5.91 Å². The van der Waals surface area contributed by atoms with Gasteiger partial charge >= 0.3 is 12.1 Å². The zero-order valence-corrected chi connectivity index (χ0v) is 19.0. The maximum atomic E-state index is 13.1. The van der Waals surface area contributed by atoms with Gasteiger partial charge in [0, 0.05) is 18.5 Å². The maximum absolute atomic E-state index is 13.1. The van der Waals surface area contributed by atoms with Crippen molar-refractivity contribution in [3.8, 4) is 11.1 Å². The summed E-state index contributed by atoms with van der Waals surface area (Å²) >= 11 is 0. The van der Waals surface area contributed by atoms with Crippen molar-refractivity contribution in [3.05, 3.63) is 59.7 Å². The first kappa shape index (κ1) is 22.8. The Morgan fingerprint density at radius 1 is 1.06 bits per heavy atom. The summed E-state index contributed by atoms with van der Waals surface area (Å²) < 4.78 is 5.58. The normalized spacial score (nSPS) is 20.5. The second-order valence-corrected chi connectivity index (χ2v) is 8.88. The molecule has 33 heavy (non-hydrogen) atoms. The van der Waals surface area contributed by atoms with Gasteiger partial charge in [0.15, 0.2) is 0 Å². The first-order valence-electron chi connectivity index (χ1n) is 11.6. The lowest BCUT2D eigenvalue weighted by Gasteiger charge is -2.38. The van der Waals surface area contributed by atoms with Crippen LogP contribution in [0.1, 0.15) is 50.2 Å². The number of piperidine rings is 1. The molecule has 174 valence electrons. The molecule has 0 saturated carbocycles. The molecule has 7 nitrogen and oxygen atoms in total. The van der Waals surface area contributed by atoms with Gasteiger partial charge in [0.25, 0.3) is 0 Å². The molecule has 1 fully saturated rings. The number of carbonyl (C=O) groups excluding carboxylic acids is 2. The smallest absolute Gasteiger partial charge is 0.407 e. The predicted octanol–water partition coefficient (Wildman–Crippen LogP) is 4.02. The van der Waals surface area contributed by atoms with E-state index in [2.05, 4.69) is 29.6 Å². The number of carboxylic acids is 1. The van der Waals surface area contributed by atoms with Crippen LogP contribution in [0, 0.1) is 5.92 Å². The number of hydrogen-bond acceptors (Lipinski definition) is 4. The number of nitrogens with one attached hydrogen (secondary N) is 1. The Hall–Kier alpha value is -3.35. The molecule has 4 rings (SSSR count). The predicted molar refractivity (Wildman–Crippen MR) is 124 cm³/mol. The lowest BCUT2D eigenvalue weighted by molar-refractivity contribution is -0.147. The third kappa shape index (κ3) is 4.58. The standard InChI is InChI=1S/C26H30N2O5/c1-3-23(24(29)28-14-17(25(30)31)13-12-16(28)2)27-26(32)33-15-22-20-10-6-4-8-18(20)19-9-5-7-11-21(19)22/h4-11,16-17,22-23H,3,12-15H2,1-2H3,(H,27,32)(H,30,31). The number of nitrogens with zero attached hydrogens (tertiary/aromatic N) is 1. The zero-order valence-electron chi connectivity index (χ0n) is 19.0. The maximum Gasteiger partial charge on any atom is 0.407 e. The molecule has 7 heteroatoms. The minimum Gasteiger partial charge on any atom is -0.481 e. The van der Waals surface area contributed by atoms with Gasteiger partial charge < -0.3 is 20.1 Å². The number of fused-ring (bicyclic) bond motifs is 3. The molecule has 2 aromatic carbocycles. The Labute approximate surface area is 193 Å². The van der Waals surface area contributed by atoms with Crippen LogP contribution >= 0.6 is 0 Å². The van der Waals surface area contributed by atoms with Crippen molar-refractivity contribution in [1.82, 2.24) is 10.2 Å². The van der Waals surface area contributed by atoms with E-state index in [1.165, 1.54) is 0 Å². The fraction of sp³-hybridized carbons (Fsp3) is 0.423. The second kappa shape index (κ2) is 9.65. The molecule has 0 radical (unpaired) electrons. The average molecular weight is 451 g/mol. The molecule has 2 amide bonds. The molecule has 1 heterocycles. The Kier molecular flexibility index (Phi) is 6.67. The molecule has 2 aromatic rings. The van der Waals surface area contributed by atoms with Gasteiger partial charge in [-0.15, -0.1) is 0 Å². The lowest BCUT2D eigenvalue weighted by Crippen LogP contribution is -2.54. The number of ether oxygens (including phenoxy) is 1. The summed E-state index contributed by atoms with van der Waals surface area (Å²) in [6.07, 6.45) is 0.932. The van der Waals surface area contributed by atoms with Gasteiger partial charge in [0.1, 0.15) is 12.6 Å². The number of likely N-dealkylation sites (tertiary alicyclic amines) is 1. The number of carboxylic acid groups (broad SMARTS) is 1. The number of alkyl carbamates (subject to hydrolysis) is 1. The SMILES string of the molecule is CCC(NC(=O)OCC1c2ccccc2-c2ccccc21)C(=O)N1CC(C(=O)O)CCC1C. The van der Waals surface area contributed by atoms with Crippen LogP contribution in [0.25, 0.3) is 11.1 Å². The van der Waals surface area contributed by atoms with Crippen molar-refractivity contribution >= 4 is 18.0 Å². The van der Waals surface area contributed by atoms with Crippen molar-refractivity contribution in [2.24, 2.45) is 5.92 Å². The quantitative estimate of drug-likeness (QED) is 0.693. The molecule has 2 aliphatic rings. The Morgan fingerprint density at radius 3 is 2.24 bits per heavy atom. The van der Waals surface area contributed by atoms with E-state index in [1.807, 2.05) is 38.1 Å². The fourth-order valence-electron chi connectivity index (χ4n) is 4.94. The van der Waals surface area contributed by atoms with Gasteiger partial charge in [-0.25, -0.2) is 4.79 Å². The van der Waals surface area contributed by atoms with Gasteiger partial charge in [-0.2, -0.15) is 0 Å². The minimum absolute atomic E-state index is 0.0580. The van der Waals surface area contributed by atoms with Crippen LogP contribution in [0.15, 0.2) is 48.5 Å². The minimum atomic E-state index is -0.891. The first-order valence-corrected chi connectivity index (χ1v) is 11.6. The van der Waals surface area contributed by atoms with Crippen LogP contribution < -0.4 is 5.32 Å². The van der Waals surface area contributed by atoms with Gasteiger partial charge in [-0.05, 0) is 48.4 Å². The van der Waals surface area contributed by atoms with Crippen LogP contribution in [0.2, 0.25) is 0 Å². The van der Waals surface area contributed by atoms with E-state index in [0.717, 1.165) is 22.3 Å². The van der Waals surface area contributed by atoms with Gasteiger partial charge in [-0.3, -0.25) is 9.59 Å². The third-order valence-corrected chi connectivity index (χ3v) is 6.86. The molecule has 3 unspecified atom stereocenters. The molecule has 1 aliphatic carbocycles. The molecule has 2 N–H and O–H groups in total. The molecular formula is C26H30N2O5. The number of hydrogen-bond donors (Lipinski definition) is 2. The summed E-state index contributed by atoms with van der Waals surface area (Å²) in [7, 11) is 0. The number of aliphatic carboxylic acids is 1. The largest absolute Gasteiger partial charge is 0.481 e. The van der Waals surface area contributed by atoms with Crippen molar-refractivity contribution in [2.75, 3.05) is 13.2 Å². The van der Waals surface area contributed by atoms with E-state index < -0.39 is 24.0 Å². The van der Waals surface area contributed by atoms with Crippen LogP contribution in [0.3, 0.4) is 0 Å². The Balaban J connectivity index is 1.40. The molecule has 0 spiro atoms. The van der Waals surface area contributed by atoms with E-state index >= 15 is 0 Å². The number of benzene rings is 2. The lowest BCUT2D eigenvalue weighted by atomic mass is 9.92. The van der Waals surface area contributed by atoms with E-state index in [4.69, 9.17) is 4.74 Å². The van der Waals surface area contributed by atoms with Crippen LogP contribution in [-0.4, -0.2) is 53.2 Å². The number of amides is 2. The highest BCUT2D eigenvalue weighted by Crippen LogP contribution is 2.44. The second-order valence-electron chi connectivity index (χ2n) is 8.88. The fourth-order valence-corrected chi connectivity index (χ4v) is 4.94. The Morgan fingerprint density at radius 2 is 1.67 bits per heavy atom. The molecule has 1 aliphatic heterocycles. The monoisotopic (exact) mass is 450 g/mol. The average Bonchev–Trinajstić information content (AvgIpc) is 3.14. The third-order valence-electron chi connectivity index (χ3n) is 6.86. The van der Waals surface area contributed by atoms with Crippen molar-refractivity contribution in [1.29, 1.82) is 0 Å². The van der Waals surface area contributed by atoms with Crippen molar-refractivity contribution in [3.63, 3.8) is 0 Å². The molecule has 0 aromatic heterocycles. The topological polar surface area (TPSA) is 95.9 Å². The van der Waals surface area contributed by atoms with Crippen LogP contribution in [-0.2, 0) is 14.3 Å². The molecular weight excluding hydrogens is 420 g/mol. The highest BCUT2D eigenvalue weighted by molar-refractivity contribution is 5.86. The number of carbonyl (C=O) groups is 3. The highest BCUT2D eigenvalue weighted by Gasteiger charge is 2.36. The van der Waals surface area contributed by atoms with E-state index in [9.17, 15) is 19.5 Å². The highest BCUT2D eigenvalue weighted by atomic mass is 16.5. The van der Waals surface area contributed by atoms with Gasteiger partial charge in [0.05, 0.1) is 5.92 Å². The van der Waals surface area contributed by atoms with E-state index in [-0.39, 0.29) is 31.0 Å². The summed E-state index contributed by atoms with van der Waals surface area (Å²) in [5, 5.41) is 12.1.